The second-order valence-corrected chi connectivity index (χ2v) is 10.7. The van der Waals surface area contributed by atoms with Crippen LogP contribution in [-0.4, -0.2) is 101 Å². The predicted octanol–water partition coefficient (Wildman–Crippen LogP) is 1.21. The van der Waals surface area contributed by atoms with Crippen molar-refractivity contribution < 1.29 is 52.8 Å². The number of carbonyl (C=O) groups excluding carboxylic acids is 4. The lowest BCUT2D eigenvalue weighted by Gasteiger charge is -2.45. The monoisotopic (exact) mass is 647 g/mol. The maximum atomic E-state index is 12.2. The van der Waals surface area contributed by atoms with Crippen LogP contribution in [0.5, 0.6) is 5.75 Å². The van der Waals surface area contributed by atoms with Crippen LogP contribution >= 0.6 is 0 Å². The van der Waals surface area contributed by atoms with Crippen LogP contribution < -0.4 is 15.4 Å². The highest BCUT2D eigenvalue weighted by Gasteiger charge is 2.51. The number of nitrogens with zero attached hydrogens (tertiary/aromatic N) is 3. The van der Waals surface area contributed by atoms with Gasteiger partial charge in [0.25, 0.3) is 0 Å². The first-order valence-corrected chi connectivity index (χ1v) is 14.9. The van der Waals surface area contributed by atoms with E-state index in [0.717, 1.165) is 5.56 Å². The predicted molar refractivity (Wildman–Crippen MR) is 159 cm³/mol. The van der Waals surface area contributed by atoms with Gasteiger partial charge in [0, 0.05) is 45.9 Å². The van der Waals surface area contributed by atoms with Crippen LogP contribution in [0.3, 0.4) is 0 Å². The van der Waals surface area contributed by atoms with Crippen LogP contribution in [0.1, 0.15) is 52.9 Å². The molecule has 1 aliphatic heterocycles. The molecule has 46 heavy (non-hydrogen) atoms. The number of carboxylic acid groups (broad SMARTS) is 1. The van der Waals surface area contributed by atoms with Crippen LogP contribution in [-0.2, 0) is 49.5 Å². The van der Waals surface area contributed by atoms with Gasteiger partial charge in [0.2, 0.25) is 11.8 Å². The molecule has 5 atom stereocenters. The van der Waals surface area contributed by atoms with Gasteiger partial charge in [-0.1, -0.05) is 17.3 Å². The van der Waals surface area contributed by atoms with Crippen molar-refractivity contribution in [2.75, 3.05) is 20.3 Å². The van der Waals surface area contributed by atoms with Crippen molar-refractivity contribution in [3.63, 3.8) is 0 Å². The molecule has 1 aromatic carbocycles. The third-order valence-electron chi connectivity index (χ3n) is 6.88. The number of methoxy groups -OCH3 is 1. The molecule has 1 saturated heterocycles. The van der Waals surface area contributed by atoms with E-state index in [2.05, 4.69) is 20.9 Å². The zero-order chi connectivity index (χ0) is 33.6. The van der Waals surface area contributed by atoms with E-state index in [4.69, 9.17) is 28.8 Å². The summed E-state index contributed by atoms with van der Waals surface area (Å²) in [4.78, 5) is 58.9. The average molecular weight is 648 g/mol. The fourth-order valence-corrected chi connectivity index (χ4v) is 4.87. The summed E-state index contributed by atoms with van der Waals surface area (Å²) < 4.78 is 30.3. The molecule has 3 rings (SSSR count). The Balaban J connectivity index is 1.73. The Labute approximate surface area is 266 Å². The molecule has 1 fully saturated rings. The second-order valence-electron chi connectivity index (χ2n) is 10.7. The quantitative estimate of drug-likeness (QED) is 0.163. The standard InChI is InChI=1S/C30H41N5O11/c1-18(36)32-27-29(45-20(3)38)28(44-19(2)37)24(17-35-16-23(33-34-35)21-9-8-10-22(15-21)42-4)46-30(27)43-14-7-5-6-13-31-25(39)11-12-26(40)41/h8-10,15-16,24,27-30H,5-7,11-14,17H2,1-4H3,(H,31,39)(H,32,36)(H,40,41). The fraction of sp³-hybridized carbons (Fsp3) is 0.567. The van der Waals surface area contributed by atoms with Crippen molar-refractivity contribution in [2.45, 2.75) is 90.1 Å². The number of unbranched alkanes of at least 4 members (excludes halogenated alkanes) is 2. The van der Waals surface area contributed by atoms with Gasteiger partial charge in [-0.25, -0.2) is 4.68 Å². The molecule has 0 radical (unpaired) electrons. The number of nitrogens with one attached hydrogen (secondary N) is 2. The summed E-state index contributed by atoms with van der Waals surface area (Å²) in [5.74, 6) is -2.49. The summed E-state index contributed by atoms with van der Waals surface area (Å²) in [6.45, 7) is 4.30. The van der Waals surface area contributed by atoms with E-state index < -0.39 is 54.5 Å². The highest BCUT2D eigenvalue weighted by atomic mass is 16.7. The number of rotatable bonds is 17. The van der Waals surface area contributed by atoms with E-state index in [1.165, 1.54) is 25.5 Å². The fourth-order valence-electron chi connectivity index (χ4n) is 4.87. The van der Waals surface area contributed by atoms with E-state index in [0.29, 0.717) is 37.3 Å². The Morgan fingerprint density at radius 3 is 2.41 bits per heavy atom. The van der Waals surface area contributed by atoms with E-state index in [-0.39, 0.29) is 31.9 Å². The van der Waals surface area contributed by atoms with Crippen LogP contribution in [0.15, 0.2) is 30.5 Å². The van der Waals surface area contributed by atoms with Gasteiger partial charge in [0.05, 0.1) is 26.3 Å². The number of aliphatic carboxylic acids is 1. The summed E-state index contributed by atoms with van der Waals surface area (Å²) >= 11 is 0. The van der Waals surface area contributed by atoms with E-state index >= 15 is 0 Å². The Morgan fingerprint density at radius 2 is 1.74 bits per heavy atom. The first kappa shape index (κ1) is 35.9. The lowest BCUT2D eigenvalue weighted by molar-refractivity contribution is -0.274. The zero-order valence-corrected chi connectivity index (χ0v) is 26.3. The molecule has 3 N–H and O–H groups in total. The lowest BCUT2D eigenvalue weighted by atomic mass is 9.95. The van der Waals surface area contributed by atoms with Crippen molar-refractivity contribution in [1.29, 1.82) is 0 Å². The van der Waals surface area contributed by atoms with E-state index in [9.17, 15) is 24.0 Å². The maximum Gasteiger partial charge on any atom is 0.303 e. The number of carboxylic acids is 1. The molecule has 252 valence electrons. The van der Waals surface area contributed by atoms with E-state index in [1.807, 2.05) is 12.1 Å². The first-order valence-electron chi connectivity index (χ1n) is 14.9. The molecular weight excluding hydrogens is 606 g/mol. The zero-order valence-electron chi connectivity index (χ0n) is 26.3. The minimum Gasteiger partial charge on any atom is -0.497 e. The average Bonchev–Trinajstić information content (AvgIpc) is 3.47. The van der Waals surface area contributed by atoms with Gasteiger partial charge in [0.1, 0.15) is 23.6 Å². The molecule has 1 aliphatic rings. The number of benzene rings is 1. The van der Waals surface area contributed by atoms with Crippen molar-refractivity contribution in [1.82, 2.24) is 25.6 Å². The van der Waals surface area contributed by atoms with Gasteiger partial charge >= 0.3 is 17.9 Å². The Morgan fingerprint density at radius 1 is 1.00 bits per heavy atom. The molecule has 2 amide bonds. The number of amides is 2. The molecule has 16 nitrogen and oxygen atoms in total. The van der Waals surface area contributed by atoms with Crippen LogP contribution in [0.4, 0.5) is 0 Å². The number of hydrogen-bond donors (Lipinski definition) is 3. The molecule has 0 aliphatic carbocycles. The first-order chi connectivity index (χ1) is 22.0. The Bertz CT molecular complexity index is 1350. The molecular formula is C30H41N5O11. The second kappa shape index (κ2) is 17.8. The molecule has 0 bridgehead atoms. The third kappa shape index (κ3) is 11.4. The number of aromatic nitrogens is 3. The maximum absolute atomic E-state index is 12.2. The normalized spacial score (nSPS) is 20.7. The number of hydrogen-bond acceptors (Lipinski definition) is 12. The summed E-state index contributed by atoms with van der Waals surface area (Å²) in [5, 5.41) is 22.5. The van der Waals surface area contributed by atoms with Crippen molar-refractivity contribution in [2.24, 2.45) is 0 Å². The SMILES string of the molecule is COc1cccc(-c2cn(CC3OC(OCCCCCNC(=O)CCC(=O)O)C(NC(C)=O)C(OC(C)=O)C3OC(C)=O)nn2)c1. The van der Waals surface area contributed by atoms with Gasteiger partial charge in [0.15, 0.2) is 18.5 Å². The Hall–Kier alpha value is -4.57. The summed E-state index contributed by atoms with van der Waals surface area (Å²) in [7, 11) is 1.56. The molecule has 0 saturated carbocycles. The highest BCUT2D eigenvalue weighted by molar-refractivity contribution is 5.80. The molecule has 0 spiro atoms. The van der Waals surface area contributed by atoms with Gasteiger partial charge in [-0.2, -0.15) is 0 Å². The number of esters is 2. The largest absolute Gasteiger partial charge is 0.497 e. The molecule has 5 unspecified atom stereocenters. The van der Waals surface area contributed by atoms with E-state index in [1.54, 1.807) is 25.4 Å². The van der Waals surface area contributed by atoms with Gasteiger partial charge in [-0.15, -0.1) is 5.10 Å². The van der Waals surface area contributed by atoms with Gasteiger partial charge in [-0.3, -0.25) is 24.0 Å². The summed E-state index contributed by atoms with van der Waals surface area (Å²) in [6, 6.07) is 6.26. The third-order valence-corrected chi connectivity index (χ3v) is 6.88. The minimum atomic E-state index is -1.16. The summed E-state index contributed by atoms with van der Waals surface area (Å²) in [6.07, 6.45) is -1.10. The molecule has 2 heterocycles. The molecule has 1 aromatic heterocycles. The smallest absolute Gasteiger partial charge is 0.303 e. The van der Waals surface area contributed by atoms with Crippen LogP contribution in [0.25, 0.3) is 11.3 Å². The topological polar surface area (TPSA) is 206 Å². The Kier molecular flexibility index (Phi) is 13.9. The molecule has 16 heteroatoms. The van der Waals surface area contributed by atoms with Gasteiger partial charge in [-0.05, 0) is 31.4 Å². The number of carbonyl (C=O) groups is 5. The highest BCUT2D eigenvalue weighted by Crippen LogP contribution is 2.29. The van der Waals surface area contributed by atoms with Crippen molar-refractivity contribution >= 4 is 29.7 Å². The van der Waals surface area contributed by atoms with Crippen molar-refractivity contribution in [3.05, 3.63) is 30.5 Å². The molecule has 2 aromatic rings. The van der Waals surface area contributed by atoms with Crippen LogP contribution in [0.2, 0.25) is 0 Å². The number of ether oxygens (including phenoxy) is 5. The minimum absolute atomic E-state index is 0.0287. The summed E-state index contributed by atoms with van der Waals surface area (Å²) in [5.41, 5.74) is 1.31. The van der Waals surface area contributed by atoms with Crippen LogP contribution in [0, 0.1) is 0 Å². The van der Waals surface area contributed by atoms with Crippen molar-refractivity contribution in [3.8, 4) is 17.0 Å². The lowest BCUT2D eigenvalue weighted by Crippen LogP contribution is -2.66. The van der Waals surface area contributed by atoms with Gasteiger partial charge < -0.3 is 39.4 Å².